The van der Waals surface area contributed by atoms with Crippen LogP contribution in [0.25, 0.3) is 0 Å². The molecule has 5 nitrogen and oxygen atoms in total. The van der Waals surface area contributed by atoms with Gasteiger partial charge in [0.1, 0.15) is 5.82 Å². The van der Waals surface area contributed by atoms with Gasteiger partial charge in [-0.25, -0.2) is 4.39 Å². The molecular weight excluding hydrogens is 317 g/mol. The molecule has 1 heterocycles. The van der Waals surface area contributed by atoms with Gasteiger partial charge in [-0.05, 0) is 25.5 Å². The Morgan fingerprint density at radius 2 is 2.00 bits per heavy atom. The maximum atomic E-state index is 13.9. The average Bonchev–Trinajstić information content (AvgIpc) is 2.64. The summed E-state index contributed by atoms with van der Waals surface area (Å²) in [5.74, 6) is 3.18. The number of guanidine groups is 1. The van der Waals surface area contributed by atoms with Crippen LogP contribution in [-0.2, 0) is 0 Å². The molecule has 1 fully saturated rings. The second-order valence-corrected chi connectivity index (χ2v) is 5.95. The van der Waals surface area contributed by atoms with Gasteiger partial charge in [0.15, 0.2) is 5.96 Å². The number of anilines is 1. The summed E-state index contributed by atoms with van der Waals surface area (Å²) in [5, 5.41) is 6.26. The van der Waals surface area contributed by atoms with Crippen molar-refractivity contribution in [3.8, 4) is 12.3 Å². The van der Waals surface area contributed by atoms with Crippen LogP contribution in [0.1, 0.15) is 13.3 Å². The fourth-order valence-corrected chi connectivity index (χ4v) is 2.88. The van der Waals surface area contributed by atoms with E-state index in [4.69, 9.17) is 6.42 Å². The highest BCUT2D eigenvalue weighted by Gasteiger charge is 2.18. The Labute approximate surface area is 150 Å². The van der Waals surface area contributed by atoms with E-state index in [0.29, 0.717) is 12.2 Å². The molecule has 0 spiro atoms. The summed E-state index contributed by atoms with van der Waals surface area (Å²) in [6, 6.07) is 7.00. The van der Waals surface area contributed by atoms with E-state index < -0.39 is 0 Å². The number of aliphatic imine (C=N–C) groups is 1. The Balaban J connectivity index is 1.70. The van der Waals surface area contributed by atoms with Crippen molar-refractivity contribution in [3.05, 3.63) is 30.1 Å². The van der Waals surface area contributed by atoms with Crippen LogP contribution in [0.15, 0.2) is 29.3 Å². The molecule has 1 aliphatic heterocycles. The molecule has 1 aromatic rings. The molecule has 0 bridgehead atoms. The first kappa shape index (κ1) is 19.1. The summed E-state index contributed by atoms with van der Waals surface area (Å²) in [6.07, 6.45) is 6.25. The Hall–Kier alpha value is -2.26. The summed E-state index contributed by atoms with van der Waals surface area (Å²) in [4.78, 5) is 9.06. The molecule has 2 N–H and O–H groups in total. The van der Waals surface area contributed by atoms with Gasteiger partial charge in [0, 0.05) is 45.8 Å². The highest BCUT2D eigenvalue weighted by atomic mass is 19.1. The van der Waals surface area contributed by atoms with Gasteiger partial charge in [0.25, 0.3) is 0 Å². The molecular formula is C19H28FN5. The van der Waals surface area contributed by atoms with Crippen LogP contribution in [0.5, 0.6) is 0 Å². The number of rotatable bonds is 7. The SMILES string of the molecule is C#CCNC(=NCCCN1CCN(c2ccccc2F)CC1)NCC. The van der Waals surface area contributed by atoms with Gasteiger partial charge in [-0.1, -0.05) is 18.1 Å². The molecule has 0 unspecified atom stereocenters. The van der Waals surface area contributed by atoms with E-state index in [1.165, 1.54) is 6.07 Å². The Bertz CT molecular complexity index is 588. The summed E-state index contributed by atoms with van der Waals surface area (Å²) in [7, 11) is 0. The van der Waals surface area contributed by atoms with E-state index >= 15 is 0 Å². The molecule has 1 saturated heterocycles. The Kier molecular flexibility index (Phi) is 8.06. The molecule has 1 aromatic carbocycles. The number of hydrogen-bond donors (Lipinski definition) is 2. The maximum absolute atomic E-state index is 13.9. The number of nitrogens with zero attached hydrogens (tertiary/aromatic N) is 3. The molecule has 0 aromatic heterocycles. The minimum absolute atomic E-state index is 0.138. The number of terminal acetylenes is 1. The summed E-state index contributed by atoms with van der Waals surface area (Å²) in [6.45, 7) is 8.70. The van der Waals surface area contributed by atoms with E-state index in [1.807, 2.05) is 19.1 Å². The molecule has 0 saturated carbocycles. The van der Waals surface area contributed by atoms with Crippen LogP contribution in [0.4, 0.5) is 10.1 Å². The van der Waals surface area contributed by atoms with Crippen LogP contribution in [0.3, 0.4) is 0 Å². The van der Waals surface area contributed by atoms with E-state index in [0.717, 1.165) is 58.2 Å². The predicted octanol–water partition coefficient (Wildman–Crippen LogP) is 1.53. The van der Waals surface area contributed by atoms with Crippen molar-refractivity contribution in [3.63, 3.8) is 0 Å². The molecule has 1 aliphatic rings. The highest BCUT2D eigenvalue weighted by Crippen LogP contribution is 2.20. The fourth-order valence-electron chi connectivity index (χ4n) is 2.88. The Morgan fingerprint density at radius 1 is 1.24 bits per heavy atom. The lowest BCUT2D eigenvalue weighted by Crippen LogP contribution is -2.47. The van der Waals surface area contributed by atoms with Crippen molar-refractivity contribution in [2.24, 2.45) is 4.99 Å². The quantitative estimate of drug-likeness (QED) is 0.340. The van der Waals surface area contributed by atoms with Crippen LogP contribution in [-0.4, -0.2) is 63.2 Å². The van der Waals surface area contributed by atoms with Crippen LogP contribution >= 0.6 is 0 Å². The molecule has 25 heavy (non-hydrogen) atoms. The lowest BCUT2D eigenvalue weighted by atomic mass is 10.2. The molecule has 0 radical (unpaired) electrons. The molecule has 136 valence electrons. The number of halogens is 1. The molecule has 2 rings (SSSR count). The van der Waals surface area contributed by atoms with Gasteiger partial charge >= 0.3 is 0 Å². The third-order valence-corrected chi connectivity index (χ3v) is 4.17. The van der Waals surface area contributed by atoms with Crippen LogP contribution < -0.4 is 15.5 Å². The monoisotopic (exact) mass is 345 g/mol. The summed E-state index contributed by atoms with van der Waals surface area (Å²) < 4.78 is 13.9. The standard InChI is InChI=1S/C19H28FN5/c1-3-10-22-19(21-4-2)23-11-7-12-24-13-15-25(16-14-24)18-9-6-5-8-17(18)20/h1,5-6,8-9H,4,7,10-16H2,2H3,(H2,21,22,23). The molecule has 6 heteroatoms. The van der Waals surface area contributed by atoms with Crippen molar-refractivity contribution in [1.29, 1.82) is 0 Å². The van der Waals surface area contributed by atoms with E-state index in [9.17, 15) is 4.39 Å². The summed E-state index contributed by atoms with van der Waals surface area (Å²) in [5.41, 5.74) is 0.710. The summed E-state index contributed by atoms with van der Waals surface area (Å²) >= 11 is 0. The third-order valence-electron chi connectivity index (χ3n) is 4.17. The lowest BCUT2D eigenvalue weighted by Gasteiger charge is -2.36. The zero-order valence-corrected chi connectivity index (χ0v) is 15.0. The van der Waals surface area contributed by atoms with Gasteiger partial charge < -0.3 is 15.5 Å². The van der Waals surface area contributed by atoms with Gasteiger partial charge in [0.2, 0.25) is 0 Å². The highest BCUT2D eigenvalue weighted by molar-refractivity contribution is 5.79. The van der Waals surface area contributed by atoms with Crippen molar-refractivity contribution in [2.75, 3.05) is 57.3 Å². The third kappa shape index (κ3) is 6.28. The number of piperazine rings is 1. The van der Waals surface area contributed by atoms with Crippen molar-refractivity contribution in [2.45, 2.75) is 13.3 Å². The second-order valence-electron chi connectivity index (χ2n) is 5.95. The molecule has 0 amide bonds. The van der Waals surface area contributed by atoms with Crippen molar-refractivity contribution >= 4 is 11.6 Å². The largest absolute Gasteiger partial charge is 0.367 e. The number of nitrogens with one attached hydrogen (secondary N) is 2. The number of hydrogen-bond acceptors (Lipinski definition) is 3. The van der Waals surface area contributed by atoms with Gasteiger partial charge in [0.05, 0.1) is 12.2 Å². The van der Waals surface area contributed by atoms with Crippen molar-refractivity contribution < 1.29 is 4.39 Å². The van der Waals surface area contributed by atoms with E-state index in [2.05, 4.69) is 31.3 Å². The van der Waals surface area contributed by atoms with Crippen molar-refractivity contribution in [1.82, 2.24) is 15.5 Å². The zero-order valence-electron chi connectivity index (χ0n) is 15.0. The first-order valence-corrected chi connectivity index (χ1v) is 8.92. The van der Waals surface area contributed by atoms with Gasteiger partial charge in [-0.3, -0.25) is 9.89 Å². The molecule has 0 atom stereocenters. The lowest BCUT2D eigenvalue weighted by molar-refractivity contribution is 0.256. The van der Waals surface area contributed by atoms with Gasteiger partial charge in [-0.2, -0.15) is 0 Å². The topological polar surface area (TPSA) is 42.9 Å². The fraction of sp³-hybridized carbons (Fsp3) is 0.526. The minimum Gasteiger partial charge on any atom is -0.367 e. The maximum Gasteiger partial charge on any atom is 0.192 e. The normalized spacial score (nSPS) is 15.7. The van der Waals surface area contributed by atoms with Crippen LogP contribution in [0.2, 0.25) is 0 Å². The van der Waals surface area contributed by atoms with Gasteiger partial charge in [-0.15, -0.1) is 6.42 Å². The smallest absolute Gasteiger partial charge is 0.192 e. The van der Waals surface area contributed by atoms with Crippen LogP contribution in [0, 0.1) is 18.2 Å². The zero-order chi connectivity index (χ0) is 17.9. The second kappa shape index (κ2) is 10.6. The first-order chi connectivity index (χ1) is 12.2. The van der Waals surface area contributed by atoms with E-state index in [-0.39, 0.29) is 5.82 Å². The Morgan fingerprint density at radius 3 is 2.68 bits per heavy atom. The van der Waals surface area contributed by atoms with E-state index in [1.54, 1.807) is 6.07 Å². The predicted molar refractivity (Wildman–Crippen MR) is 102 cm³/mol. The first-order valence-electron chi connectivity index (χ1n) is 8.92. The number of benzene rings is 1. The minimum atomic E-state index is -0.138. The number of para-hydroxylation sites is 1. The molecule has 0 aliphatic carbocycles. The average molecular weight is 345 g/mol.